The van der Waals surface area contributed by atoms with Crippen molar-refractivity contribution in [1.29, 1.82) is 0 Å². The number of nitrogens with two attached hydrogens (primary N) is 1. The second-order valence-corrected chi connectivity index (χ2v) is 5.21. The lowest BCUT2D eigenvalue weighted by molar-refractivity contribution is -0.274. The van der Waals surface area contributed by atoms with Crippen molar-refractivity contribution < 1.29 is 17.9 Å². The molecule has 0 bridgehead atoms. The number of hydrogen-bond acceptors (Lipinski definition) is 4. The smallest absolute Gasteiger partial charge is 0.406 e. The fourth-order valence-corrected chi connectivity index (χ4v) is 2.98. The van der Waals surface area contributed by atoms with E-state index >= 15 is 0 Å². The number of benzene rings is 1. The maximum atomic E-state index is 12.2. The quantitative estimate of drug-likeness (QED) is 0.664. The van der Waals surface area contributed by atoms with Crippen LogP contribution in [0.25, 0.3) is 0 Å². The van der Waals surface area contributed by atoms with Crippen molar-refractivity contribution in [2.24, 2.45) is 5.84 Å². The van der Waals surface area contributed by atoms with Crippen molar-refractivity contribution in [2.45, 2.75) is 12.4 Å². The van der Waals surface area contributed by atoms with Gasteiger partial charge >= 0.3 is 6.36 Å². The van der Waals surface area contributed by atoms with Gasteiger partial charge in [0.05, 0.1) is 11.1 Å². The SMILES string of the molecule is NNC(c1cccc(OC(F)(F)F)c1)c1sccc1Cl. The van der Waals surface area contributed by atoms with Crippen LogP contribution in [0.15, 0.2) is 35.7 Å². The molecule has 1 atom stereocenters. The maximum absolute atomic E-state index is 12.2. The molecule has 1 heterocycles. The van der Waals surface area contributed by atoms with Crippen molar-refractivity contribution in [3.05, 3.63) is 51.2 Å². The van der Waals surface area contributed by atoms with Crippen LogP contribution >= 0.6 is 22.9 Å². The van der Waals surface area contributed by atoms with Gasteiger partial charge in [-0.15, -0.1) is 24.5 Å². The van der Waals surface area contributed by atoms with Gasteiger partial charge in [-0.3, -0.25) is 5.84 Å². The van der Waals surface area contributed by atoms with Crippen LogP contribution in [0.3, 0.4) is 0 Å². The first-order chi connectivity index (χ1) is 9.40. The average Bonchev–Trinajstić information content (AvgIpc) is 2.75. The minimum atomic E-state index is -4.73. The molecule has 0 aliphatic carbocycles. The molecular formula is C12H10ClF3N2OS. The average molecular weight is 323 g/mol. The van der Waals surface area contributed by atoms with Gasteiger partial charge in [-0.2, -0.15) is 0 Å². The summed E-state index contributed by atoms with van der Waals surface area (Å²) in [5.41, 5.74) is 3.07. The zero-order chi connectivity index (χ0) is 14.8. The number of hydrazine groups is 1. The fraction of sp³-hybridized carbons (Fsp3) is 0.167. The molecule has 3 N–H and O–H groups in total. The molecule has 0 aliphatic heterocycles. The molecule has 0 aliphatic rings. The van der Waals surface area contributed by atoms with Gasteiger partial charge in [0.15, 0.2) is 0 Å². The fourth-order valence-electron chi connectivity index (χ4n) is 1.73. The Morgan fingerprint density at radius 2 is 2.05 bits per heavy atom. The highest BCUT2D eigenvalue weighted by Gasteiger charge is 2.31. The number of rotatable bonds is 4. The highest BCUT2D eigenvalue weighted by Crippen LogP contribution is 2.34. The summed E-state index contributed by atoms with van der Waals surface area (Å²) in [7, 11) is 0. The van der Waals surface area contributed by atoms with Crippen LogP contribution in [0.4, 0.5) is 13.2 Å². The molecule has 20 heavy (non-hydrogen) atoms. The van der Waals surface area contributed by atoms with E-state index in [0.717, 1.165) is 4.88 Å². The minimum Gasteiger partial charge on any atom is -0.406 e. The van der Waals surface area contributed by atoms with Gasteiger partial charge in [0.25, 0.3) is 0 Å². The lowest BCUT2D eigenvalue weighted by atomic mass is 10.1. The Kier molecular flexibility index (Phi) is 4.54. The van der Waals surface area contributed by atoms with E-state index in [1.807, 2.05) is 0 Å². The number of ether oxygens (including phenoxy) is 1. The predicted molar refractivity (Wildman–Crippen MR) is 71.6 cm³/mol. The Labute approximate surface area is 122 Å². The highest BCUT2D eigenvalue weighted by atomic mass is 35.5. The summed E-state index contributed by atoms with van der Waals surface area (Å²) in [4.78, 5) is 0.721. The second kappa shape index (κ2) is 6.01. The van der Waals surface area contributed by atoms with Crippen molar-refractivity contribution >= 4 is 22.9 Å². The minimum absolute atomic E-state index is 0.303. The first kappa shape index (κ1) is 15.1. The van der Waals surface area contributed by atoms with Gasteiger partial charge in [0.1, 0.15) is 5.75 Å². The van der Waals surface area contributed by atoms with Crippen molar-refractivity contribution in [3.63, 3.8) is 0 Å². The molecule has 1 aromatic carbocycles. The van der Waals surface area contributed by atoms with E-state index in [1.54, 1.807) is 17.5 Å². The molecule has 0 saturated heterocycles. The third-order valence-corrected chi connectivity index (χ3v) is 3.92. The highest BCUT2D eigenvalue weighted by molar-refractivity contribution is 7.10. The summed E-state index contributed by atoms with van der Waals surface area (Å²) < 4.78 is 40.5. The van der Waals surface area contributed by atoms with Crippen LogP contribution in [-0.4, -0.2) is 6.36 Å². The van der Waals surface area contributed by atoms with E-state index in [-0.39, 0.29) is 5.75 Å². The Balaban J connectivity index is 2.32. The zero-order valence-electron chi connectivity index (χ0n) is 9.95. The molecule has 1 aromatic heterocycles. The molecule has 0 spiro atoms. The summed E-state index contributed by atoms with van der Waals surface area (Å²) in [6.45, 7) is 0. The van der Waals surface area contributed by atoms with Gasteiger partial charge < -0.3 is 4.74 Å². The molecule has 2 aromatic rings. The second-order valence-electron chi connectivity index (χ2n) is 3.85. The van der Waals surface area contributed by atoms with E-state index < -0.39 is 12.4 Å². The Morgan fingerprint density at radius 3 is 2.60 bits per heavy atom. The van der Waals surface area contributed by atoms with Crippen molar-refractivity contribution in [3.8, 4) is 5.75 Å². The van der Waals surface area contributed by atoms with E-state index in [0.29, 0.717) is 10.6 Å². The Hall–Kier alpha value is -1.28. The third-order valence-electron chi connectivity index (χ3n) is 2.50. The van der Waals surface area contributed by atoms with Crippen LogP contribution in [0.2, 0.25) is 5.02 Å². The van der Waals surface area contributed by atoms with Gasteiger partial charge in [-0.1, -0.05) is 23.7 Å². The van der Waals surface area contributed by atoms with Crippen LogP contribution in [0, 0.1) is 0 Å². The Bertz CT molecular complexity index is 588. The lowest BCUT2D eigenvalue weighted by Gasteiger charge is -2.17. The molecule has 0 radical (unpaired) electrons. The molecule has 0 saturated carbocycles. The van der Waals surface area contributed by atoms with Crippen molar-refractivity contribution in [2.75, 3.05) is 0 Å². The van der Waals surface area contributed by atoms with E-state index in [9.17, 15) is 13.2 Å². The summed E-state index contributed by atoms with van der Waals surface area (Å²) >= 11 is 7.37. The largest absolute Gasteiger partial charge is 0.573 e. The monoisotopic (exact) mass is 322 g/mol. The van der Waals surface area contributed by atoms with Crippen LogP contribution in [-0.2, 0) is 0 Å². The summed E-state index contributed by atoms with van der Waals surface area (Å²) in [5, 5.41) is 2.28. The number of hydrogen-bond donors (Lipinski definition) is 2. The standard InChI is InChI=1S/C12H10ClF3N2OS/c13-9-4-5-20-11(9)10(18-17)7-2-1-3-8(6-7)19-12(14,15)16/h1-6,10,18H,17H2. The summed E-state index contributed by atoms with van der Waals surface area (Å²) in [6.07, 6.45) is -4.73. The normalized spacial score (nSPS) is 13.2. The van der Waals surface area contributed by atoms with Crippen LogP contribution < -0.4 is 16.0 Å². The van der Waals surface area contributed by atoms with Crippen molar-refractivity contribution in [1.82, 2.24) is 5.43 Å². The van der Waals surface area contributed by atoms with E-state index in [2.05, 4.69) is 10.2 Å². The zero-order valence-corrected chi connectivity index (χ0v) is 11.5. The molecule has 8 heteroatoms. The van der Waals surface area contributed by atoms with E-state index in [1.165, 1.54) is 29.5 Å². The Morgan fingerprint density at radius 1 is 1.30 bits per heavy atom. The topological polar surface area (TPSA) is 47.3 Å². The first-order valence-electron chi connectivity index (χ1n) is 5.45. The molecule has 3 nitrogen and oxygen atoms in total. The molecule has 0 fully saturated rings. The number of alkyl halides is 3. The molecule has 2 rings (SSSR count). The molecule has 108 valence electrons. The molecule has 1 unspecified atom stereocenters. The number of thiophene rings is 1. The summed E-state index contributed by atoms with van der Waals surface area (Å²) in [5.74, 6) is 5.17. The molecular weight excluding hydrogens is 313 g/mol. The van der Waals surface area contributed by atoms with Crippen LogP contribution in [0.1, 0.15) is 16.5 Å². The van der Waals surface area contributed by atoms with Gasteiger partial charge in [0, 0.05) is 4.88 Å². The number of nitrogens with one attached hydrogen (secondary N) is 1. The third kappa shape index (κ3) is 3.63. The van der Waals surface area contributed by atoms with Gasteiger partial charge in [-0.25, -0.2) is 5.43 Å². The molecule has 0 amide bonds. The lowest BCUT2D eigenvalue weighted by Crippen LogP contribution is -2.28. The number of halogens is 4. The summed E-state index contributed by atoms with van der Waals surface area (Å²) in [6, 6.07) is 6.79. The first-order valence-corrected chi connectivity index (χ1v) is 6.71. The maximum Gasteiger partial charge on any atom is 0.573 e. The van der Waals surface area contributed by atoms with Gasteiger partial charge in [-0.05, 0) is 29.1 Å². The predicted octanol–water partition coefficient (Wildman–Crippen LogP) is 3.85. The van der Waals surface area contributed by atoms with E-state index in [4.69, 9.17) is 17.4 Å². The van der Waals surface area contributed by atoms with Crippen LogP contribution in [0.5, 0.6) is 5.75 Å². The van der Waals surface area contributed by atoms with Gasteiger partial charge in [0.2, 0.25) is 0 Å².